The molecule has 2 rings (SSSR count). The van der Waals surface area contributed by atoms with Crippen LogP contribution in [0.3, 0.4) is 0 Å². The molecule has 0 radical (unpaired) electrons. The first-order valence-electron chi connectivity index (χ1n) is 7.97. The van der Waals surface area contributed by atoms with Gasteiger partial charge in [0.2, 0.25) is 5.91 Å². The molecule has 0 saturated heterocycles. The van der Waals surface area contributed by atoms with Gasteiger partial charge >= 0.3 is 5.97 Å². The summed E-state index contributed by atoms with van der Waals surface area (Å²) in [6.45, 7) is 1.36. The van der Waals surface area contributed by atoms with Crippen molar-refractivity contribution in [1.82, 2.24) is 0 Å². The molecule has 1 unspecified atom stereocenters. The molecule has 1 amide bonds. The number of amides is 1. The van der Waals surface area contributed by atoms with Crippen LogP contribution in [-0.2, 0) is 16.0 Å². The number of nitrogens with one attached hydrogen (secondary N) is 1. The molecule has 0 bridgehead atoms. The van der Waals surface area contributed by atoms with Crippen LogP contribution >= 0.6 is 11.6 Å². The molecule has 0 fully saturated rings. The fraction of sp³-hybridized carbons (Fsp3) is 0.263. The Morgan fingerprint density at radius 3 is 2.46 bits per heavy atom. The van der Waals surface area contributed by atoms with Gasteiger partial charge in [-0.05, 0) is 42.3 Å². The molecule has 138 valence electrons. The third kappa shape index (κ3) is 5.67. The van der Waals surface area contributed by atoms with E-state index in [1.165, 1.54) is 12.1 Å². The van der Waals surface area contributed by atoms with E-state index in [1.54, 1.807) is 13.2 Å². The number of ether oxygens (including phenoxy) is 2. The Morgan fingerprint density at radius 2 is 1.88 bits per heavy atom. The van der Waals surface area contributed by atoms with Gasteiger partial charge in [0.05, 0.1) is 12.1 Å². The second kappa shape index (κ2) is 9.10. The van der Waals surface area contributed by atoms with E-state index in [2.05, 4.69) is 5.32 Å². The number of benzene rings is 2. The monoisotopic (exact) mass is 377 g/mol. The van der Waals surface area contributed by atoms with Gasteiger partial charge in [-0.1, -0.05) is 30.7 Å². The zero-order valence-electron chi connectivity index (χ0n) is 14.5. The van der Waals surface area contributed by atoms with E-state index < -0.39 is 12.6 Å². The predicted molar refractivity (Wildman–Crippen MR) is 99.1 cm³/mol. The first-order valence-corrected chi connectivity index (χ1v) is 8.34. The van der Waals surface area contributed by atoms with Crippen LogP contribution < -0.4 is 14.8 Å². The highest BCUT2D eigenvalue weighted by molar-refractivity contribution is 6.32. The van der Waals surface area contributed by atoms with Crippen LogP contribution in [0.25, 0.3) is 0 Å². The third-order valence-electron chi connectivity index (χ3n) is 3.70. The number of methoxy groups -OCH3 is 1. The average molecular weight is 378 g/mol. The fourth-order valence-electron chi connectivity index (χ4n) is 2.31. The quantitative estimate of drug-likeness (QED) is 0.733. The molecular weight excluding hydrogens is 358 g/mol. The summed E-state index contributed by atoms with van der Waals surface area (Å²) in [5, 5.41) is 11.6. The van der Waals surface area contributed by atoms with Gasteiger partial charge in [0.25, 0.3) is 0 Å². The summed E-state index contributed by atoms with van der Waals surface area (Å²) < 4.78 is 10.2. The van der Waals surface area contributed by atoms with Crippen molar-refractivity contribution in [2.75, 3.05) is 19.0 Å². The van der Waals surface area contributed by atoms with Crippen molar-refractivity contribution in [2.45, 2.75) is 13.3 Å². The van der Waals surface area contributed by atoms with Gasteiger partial charge < -0.3 is 19.9 Å². The molecule has 0 aliphatic carbocycles. The van der Waals surface area contributed by atoms with E-state index in [0.29, 0.717) is 12.1 Å². The largest absolute Gasteiger partial charge is 0.497 e. The van der Waals surface area contributed by atoms with Crippen molar-refractivity contribution in [2.24, 2.45) is 5.92 Å². The van der Waals surface area contributed by atoms with Crippen LogP contribution in [0.4, 0.5) is 5.69 Å². The second-order valence-electron chi connectivity index (χ2n) is 5.77. The minimum Gasteiger partial charge on any atom is -0.497 e. The van der Waals surface area contributed by atoms with Gasteiger partial charge in [-0.15, -0.1) is 0 Å². The smallest absolute Gasteiger partial charge is 0.341 e. The van der Waals surface area contributed by atoms with Crippen LogP contribution in [0.1, 0.15) is 12.5 Å². The van der Waals surface area contributed by atoms with Crippen molar-refractivity contribution in [1.29, 1.82) is 0 Å². The number of anilines is 1. The minimum atomic E-state index is -1.09. The number of halogens is 1. The highest BCUT2D eigenvalue weighted by Gasteiger charge is 2.15. The number of carboxylic acids is 1. The maximum Gasteiger partial charge on any atom is 0.341 e. The normalized spacial score (nSPS) is 11.5. The van der Waals surface area contributed by atoms with E-state index in [0.717, 1.165) is 11.3 Å². The molecule has 0 heterocycles. The second-order valence-corrected chi connectivity index (χ2v) is 6.18. The van der Waals surface area contributed by atoms with Crippen molar-refractivity contribution >= 4 is 29.2 Å². The van der Waals surface area contributed by atoms with Gasteiger partial charge in [0.1, 0.15) is 11.5 Å². The zero-order valence-corrected chi connectivity index (χ0v) is 15.2. The molecule has 2 N–H and O–H groups in total. The summed E-state index contributed by atoms with van der Waals surface area (Å²) in [5.41, 5.74) is 1.55. The minimum absolute atomic E-state index is 0.143. The first kappa shape index (κ1) is 19.6. The number of rotatable bonds is 8. The fourth-order valence-corrected chi connectivity index (χ4v) is 2.54. The maximum absolute atomic E-state index is 12.4. The number of carboxylic acid groups (broad SMARTS) is 1. The Bertz CT molecular complexity index is 776. The van der Waals surface area contributed by atoms with Crippen LogP contribution in [-0.4, -0.2) is 30.7 Å². The summed E-state index contributed by atoms with van der Waals surface area (Å²) in [5.74, 6) is -0.462. The van der Waals surface area contributed by atoms with E-state index in [4.69, 9.17) is 26.2 Å². The van der Waals surface area contributed by atoms with Crippen molar-refractivity contribution < 1.29 is 24.2 Å². The molecule has 0 saturated carbocycles. The van der Waals surface area contributed by atoms with Crippen molar-refractivity contribution in [3.05, 3.63) is 53.1 Å². The topological polar surface area (TPSA) is 84.9 Å². The predicted octanol–water partition coefficient (Wildman–Crippen LogP) is 3.63. The lowest BCUT2D eigenvalue weighted by Crippen LogP contribution is -2.22. The highest BCUT2D eigenvalue weighted by atomic mass is 35.5. The number of hydrogen-bond donors (Lipinski definition) is 2. The summed E-state index contributed by atoms with van der Waals surface area (Å²) >= 11 is 6.05. The van der Waals surface area contributed by atoms with Crippen LogP contribution in [0.2, 0.25) is 5.02 Å². The molecule has 7 heteroatoms. The molecule has 0 aliphatic rings. The van der Waals surface area contributed by atoms with E-state index in [9.17, 15) is 9.59 Å². The zero-order chi connectivity index (χ0) is 19.1. The Balaban J connectivity index is 1.95. The molecule has 6 nitrogen and oxygen atoms in total. The summed E-state index contributed by atoms with van der Waals surface area (Å²) in [7, 11) is 1.61. The Labute approximate surface area is 156 Å². The summed E-state index contributed by atoms with van der Waals surface area (Å²) in [6.07, 6.45) is 0.587. The standard InChI is InChI=1S/C19H20ClNO5/c1-12(9-13-3-6-15(25-2)7-4-13)19(24)21-14-5-8-17(16(20)10-14)26-11-18(22)23/h3-8,10,12H,9,11H2,1-2H3,(H,21,24)(H,22,23). The summed E-state index contributed by atoms with van der Waals surface area (Å²) in [6, 6.07) is 12.2. The molecule has 1 atom stereocenters. The van der Waals surface area contributed by atoms with Gasteiger partial charge in [-0.25, -0.2) is 4.79 Å². The molecular formula is C19H20ClNO5. The van der Waals surface area contributed by atoms with E-state index >= 15 is 0 Å². The molecule has 0 aliphatic heterocycles. The number of aliphatic carboxylic acids is 1. The molecule has 0 aromatic heterocycles. The lowest BCUT2D eigenvalue weighted by molar-refractivity contribution is -0.139. The number of hydrogen-bond acceptors (Lipinski definition) is 4. The highest BCUT2D eigenvalue weighted by Crippen LogP contribution is 2.28. The summed E-state index contributed by atoms with van der Waals surface area (Å²) in [4.78, 5) is 22.9. The van der Waals surface area contributed by atoms with Gasteiger partial charge in [0, 0.05) is 11.6 Å². The Morgan fingerprint density at radius 1 is 1.19 bits per heavy atom. The van der Waals surface area contributed by atoms with Gasteiger partial charge in [-0.3, -0.25) is 4.79 Å². The maximum atomic E-state index is 12.4. The lowest BCUT2D eigenvalue weighted by atomic mass is 10.00. The average Bonchev–Trinajstić information content (AvgIpc) is 2.61. The van der Waals surface area contributed by atoms with Gasteiger partial charge in [-0.2, -0.15) is 0 Å². The van der Waals surface area contributed by atoms with Crippen molar-refractivity contribution in [3.63, 3.8) is 0 Å². The van der Waals surface area contributed by atoms with E-state index in [1.807, 2.05) is 31.2 Å². The van der Waals surface area contributed by atoms with Crippen LogP contribution in [0.5, 0.6) is 11.5 Å². The number of carbonyl (C=O) groups excluding carboxylic acids is 1. The molecule has 0 spiro atoms. The molecule has 2 aromatic carbocycles. The first-order chi connectivity index (χ1) is 12.4. The lowest BCUT2D eigenvalue weighted by Gasteiger charge is -2.14. The molecule has 26 heavy (non-hydrogen) atoms. The van der Waals surface area contributed by atoms with Crippen LogP contribution in [0.15, 0.2) is 42.5 Å². The molecule has 2 aromatic rings. The van der Waals surface area contributed by atoms with Crippen molar-refractivity contribution in [3.8, 4) is 11.5 Å². The third-order valence-corrected chi connectivity index (χ3v) is 3.99. The Hall–Kier alpha value is -2.73. The van der Waals surface area contributed by atoms with E-state index in [-0.39, 0.29) is 22.6 Å². The van der Waals surface area contributed by atoms with Gasteiger partial charge in [0.15, 0.2) is 6.61 Å². The Kier molecular flexibility index (Phi) is 6.86. The van der Waals surface area contributed by atoms with Crippen LogP contribution in [0, 0.1) is 5.92 Å². The number of carbonyl (C=O) groups is 2. The SMILES string of the molecule is COc1ccc(CC(C)C(=O)Nc2ccc(OCC(=O)O)c(Cl)c2)cc1.